The fourth-order valence-corrected chi connectivity index (χ4v) is 6.00. The fourth-order valence-electron chi connectivity index (χ4n) is 6.00. The van der Waals surface area contributed by atoms with Gasteiger partial charge in [-0.15, -0.1) is 50.9 Å². The van der Waals surface area contributed by atoms with E-state index in [1.807, 2.05) is 48.5 Å². The Morgan fingerprint density at radius 3 is 1.00 bits per heavy atom. The van der Waals surface area contributed by atoms with Crippen LogP contribution in [0.15, 0.2) is 72.8 Å². The molecule has 0 radical (unpaired) electrons. The summed E-state index contributed by atoms with van der Waals surface area (Å²) in [4.78, 5) is 54.5. The summed E-state index contributed by atoms with van der Waals surface area (Å²) in [6.45, 7) is 5.02. The lowest BCUT2D eigenvalue weighted by atomic mass is 9.94. The van der Waals surface area contributed by atoms with E-state index in [-0.39, 0.29) is 74.6 Å². The summed E-state index contributed by atoms with van der Waals surface area (Å²) < 4.78 is 0. The van der Waals surface area contributed by atoms with E-state index >= 15 is 0 Å². The topological polar surface area (TPSA) is 111 Å². The lowest BCUT2D eigenvalue weighted by molar-refractivity contribution is 0.0597. The molecular formula is C34H38Br3N5O4. The van der Waals surface area contributed by atoms with Gasteiger partial charge in [-0.2, -0.15) is 0 Å². The van der Waals surface area contributed by atoms with Crippen LogP contribution in [0.25, 0.3) is 21.5 Å². The first-order valence-electron chi connectivity index (χ1n) is 14.9. The first kappa shape index (κ1) is 37.5. The molecule has 2 aliphatic heterocycles. The van der Waals surface area contributed by atoms with Crippen LogP contribution in [-0.2, 0) is 0 Å². The highest BCUT2D eigenvalue weighted by Gasteiger charge is 2.33. The van der Waals surface area contributed by atoms with Gasteiger partial charge in [0.25, 0.3) is 23.6 Å². The summed E-state index contributed by atoms with van der Waals surface area (Å²) in [6, 6.07) is 22.3. The standard InChI is InChI=1S/C34H35N5O4.3BrH/c40-31-25-11-1-7-23-8-2-12-26(29(23)25)32(41)38(31)21-19-36-17-5-15-35-16-6-18-37-20-22-39-33(42)27-13-3-9-24-10-4-14-28(30(24)27)34(39)43;;;/h1-4,7-14,35-37H,5-6,15-22H2;3*1H. The second-order valence-corrected chi connectivity index (χ2v) is 10.9. The SMILES string of the molecule is Br.Br.Br.O=C1c2cccc3cccc(c23)C(=O)N1CCNCCCNCCCNCCN1C(=O)c2cccc3cccc(c23)C1=O. The van der Waals surface area contributed by atoms with E-state index in [1.165, 1.54) is 9.80 Å². The molecule has 0 saturated carbocycles. The summed E-state index contributed by atoms with van der Waals surface area (Å²) >= 11 is 0. The number of carbonyl (C=O) groups is 4. The van der Waals surface area contributed by atoms with Crippen molar-refractivity contribution in [1.29, 1.82) is 0 Å². The number of carbonyl (C=O) groups excluding carboxylic acids is 4. The average molecular weight is 820 g/mol. The van der Waals surface area contributed by atoms with Gasteiger partial charge < -0.3 is 16.0 Å². The number of hydrogen-bond donors (Lipinski definition) is 3. The third-order valence-corrected chi connectivity index (χ3v) is 8.15. The molecule has 6 rings (SSSR count). The zero-order chi connectivity index (χ0) is 29.8. The normalized spacial score (nSPS) is 13.5. The van der Waals surface area contributed by atoms with Crippen molar-refractivity contribution in [3.05, 3.63) is 95.1 Å². The van der Waals surface area contributed by atoms with Crippen molar-refractivity contribution in [2.45, 2.75) is 12.8 Å². The van der Waals surface area contributed by atoms with Crippen LogP contribution in [0.1, 0.15) is 54.3 Å². The molecule has 12 heteroatoms. The van der Waals surface area contributed by atoms with Crippen molar-refractivity contribution in [1.82, 2.24) is 25.8 Å². The molecule has 0 aromatic heterocycles. The fraction of sp³-hybridized carbons (Fsp3) is 0.294. The molecule has 2 aliphatic rings. The van der Waals surface area contributed by atoms with Crippen LogP contribution in [0.5, 0.6) is 0 Å². The van der Waals surface area contributed by atoms with E-state index in [9.17, 15) is 19.2 Å². The maximum Gasteiger partial charge on any atom is 0.261 e. The van der Waals surface area contributed by atoms with Gasteiger partial charge in [0, 0.05) is 59.2 Å². The number of nitrogens with zero attached hydrogens (tertiary/aromatic N) is 2. The number of nitrogens with one attached hydrogen (secondary N) is 3. The summed E-state index contributed by atoms with van der Waals surface area (Å²) in [5.74, 6) is -0.932. The molecule has 46 heavy (non-hydrogen) atoms. The molecule has 0 atom stereocenters. The van der Waals surface area contributed by atoms with Gasteiger partial charge >= 0.3 is 0 Å². The Balaban J connectivity index is 0.00000192. The molecule has 0 spiro atoms. The molecule has 4 aromatic carbocycles. The number of halogens is 3. The molecule has 0 bridgehead atoms. The molecule has 0 unspecified atom stereocenters. The van der Waals surface area contributed by atoms with Crippen LogP contribution >= 0.6 is 50.9 Å². The van der Waals surface area contributed by atoms with Crippen molar-refractivity contribution in [2.24, 2.45) is 0 Å². The molecule has 4 amide bonds. The number of rotatable bonds is 14. The van der Waals surface area contributed by atoms with E-state index in [0.717, 1.165) is 60.6 Å². The third kappa shape index (κ3) is 7.58. The maximum absolute atomic E-state index is 13.0. The molecule has 3 N–H and O–H groups in total. The summed E-state index contributed by atoms with van der Waals surface area (Å²) in [6.07, 6.45) is 1.84. The Morgan fingerprint density at radius 2 is 0.696 bits per heavy atom. The van der Waals surface area contributed by atoms with Gasteiger partial charge in [-0.25, -0.2) is 0 Å². The minimum absolute atomic E-state index is 0. The number of benzene rings is 4. The molecule has 0 saturated heterocycles. The highest BCUT2D eigenvalue weighted by atomic mass is 79.9. The summed E-state index contributed by atoms with van der Waals surface area (Å²) in [7, 11) is 0. The predicted molar refractivity (Wildman–Crippen MR) is 197 cm³/mol. The van der Waals surface area contributed by atoms with Crippen LogP contribution in [0.4, 0.5) is 0 Å². The second-order valence-electron chi connectivity index (χ2n) is 10.9. The minimum Gasteiger partial charge on any atom is -0.317 e. The Labute approximate surface area is 299 Å². The molecular weight excluding hydrogens is 782 g/mol. The highest BCUT2D eigenvalue weighted by Crippen LogP contribution is 2.31. The second kappa shape index (κ2) is 17.2. The van der Waals surface area contributed by atoms with E-state index in [1.54, 1.807) is 24.3 Å². The zero-order valence-electron chi connectivity index (χ0n) is 25.3. The first-order valence-corrected chi connectivity index (χ1v) is 14.9. The Hall–Kier alpha value is -3.00. The van der Waals surface area contributed by atoms with Gasteiger partial charge in [-0.05, 0) is 74.1 Å². The van der Waals surface area contributed by atoms with E-state index in [0.29, 0.717) is 48.4 Å². The number of amides is 4. The molecule has 244 valence electrons. The van der Waals surface area contributed by atoms with Crippen molar-refractivity contribution in [3.8, 4) is 0 Å². The molecule has 2 heterocycles. The van der Waals surface area contributed by atoms with Gasteiger partial charge in [-0.3, -0.25) is 29.0 Å². The smallest absolute Gasteiger partial charge is 0.261 e. The Bertz CT molecular complexity index is 1510. The van der Waals surface area contributed by atoms with Gasteiger partial charge in [0.05, 0.1) is 0 Å². The van der Waals surface area contributed by atoms with Crippen LogP contribution in [0.3, 0.4) is 0 Å². The first-order chi connectivity index (χ1) is 21.1. The largest absolute Gasteiger partial charge is 0.317 e. The molecule has 0 fully saturated rings. The minimum atomic E-state index is -0.233. The van der Waals surface area contributed by atoms with Crippen molar-refractivity contribution in [3.63, 3.8) is 0 Å². The maximum atomic E-state index is 13.0. The number of imide groups is 2. The summed E-state index contributed by atoms with van der Waals surface area (Å²) in [5.41, 5.74) is 2.35. The molecule has 9 nitrogen and oxygen atoms in total. The monoisotopic (exact) mass is 817 g/mol. The summed E-state index contributed by atoms with van der Waals surface area (Å²) in [5, 5.41) is 13.4. The average Bonchev–Trinajstić information content (AvgIpc) is 3.03. The van der Waals surface area contributed by atoms with Gasteiger partial charge in [-0.1, -0.05) is 48.5 Å². The Morgan fingerprint density at radius 1 is 0.413 bits per heavy atom. The van der Waals surface area contributed by atoms with Crippen LogP contribution in [-0.4, -0.2) is 85.8 Å². The van der Waals surface area contributed by atoms with Crippen LogP contribution in [0, 0.1) is 0 Å². The van der Waals surface area contributed by atoms with Crippen molar-refractivity contribution < 1.29 is 19.2 Å². The van der Waals surface area contributed by atoms with Crippen LogP contribution < -0.4 is 16.0 Å². The highest BCUT2D eigenvalue weighted by molar-refractivity contribution is 8.93. The van der Waals surface area contributed by atoms with E-state index in [2.05, 4.69) is 16.0 Å². The van der Waals surface area contributed by atoms with Crippen molar-refractivity contribution >= 4 is 96.1 Å². The molecule has 0 aliphatic carbocycles. The van der Waals surface area contributed by atoms with E-state index in [4.69, 9.17) is 0 Å². The van der Waals surface area contributed by atoms with Crippen LogP contribution in [0.2, 0.25) is 0 Å². The van der Waals surface area contributed by atoms with E-state index < -0.39 is 0 Å². The van der Waals surface area contributed by atoms with Crippen molar-refractivity contribution in [2.75, 3.05) is 52.4 Å². The van der Waals surface area contributed by atoms with Gasteiger partial charge in [0.1, 0.15) is 0 Å². The zero-order valence-corrected chi connectivity index (χ0v) is 30.4. The lowest BCUT2D eigenvalue weighted by Gasteiger charge is -2.27. The van der Waals surface area contributed by atoms with Gasteiger partial charge in [0.2, 0.25) is 0 Å². The predicted octanol–water partition coefficient (Wildman–Crippen LogP) is 5.17. The van der Waals surface area contributed by atoms with Gasteiger partial charge in [0.15, 0.2) is 0 Å². The Kier molecular flexibility index (Phi) is 14.0. The third-order valence-electron chi connectivity index (χ3n) is 8.15. The molecule has 4 aromatic rings. The number of hydrogen-bond acceptors (Lipinski definition) is 7. The quantitative estimate of drug-likeness (QED) is 0.119. The lowest BCUT2D eigenvalue weighted by Crippen LogP contribution is -2.44.